The second-order valence-corrected chi connectivity index (χ2v) is 22.7. The molecule has 0 radical (unpaired) electrons. The first-order valence-corrected chi connectivity index (χ1v) is 33.5. The lowest BCUT2D eigenvalue weighted by molar-refractivity contribution is -0.167. The summed E-state index contributed by atoms with van der Waals surface area (Å²) in [6, 6.07) is 0. The van der Waals surface area contributed by atoms with Crippen molar-refractivity contribution in [2.75, 3.05) is 13.2 Å². The molecule has 0 fully saturated rings. The second-order valence-electron chi connectivity index (χ2n) is 22.7. The zero-order valence-electron chi connectivity index (χ0n) is 50.6. The van der Waals surface area contributed by atoms with Crippen LogP contribution in [0.4, 0.5) is 0 Å². The van der Waals surface area contributed by atoms with Gasteiger partial charge in [0.15, 0.2) is 6.10 Å². The van der Waals surface area contributed by atoms with Crippen LogP contribution < -0.4 is 0 Å². The summed E-state index contributed by atoms with van der Waals surface area (Å²) >= 11 is 0. The Bertz CT molecular complexity index is 1250. The first kappa shape index (κ1) is 72.6. The van der Waals surface area contributed by atoms with Crippen LogP contribution in [0.3, 0.4) is 0 Å². The molecule has 0 rings (SSSR count). The van der Waals surface area contributed by atoms with E-state index in [-0.39, 0.29) is 31.1 Å². The van der Waals surface area contributed by atoms with E-state index < -0.39 is 6.10 Å². The fourth-order valence-electron chi connectivity index (χ4n) is 10.1. The maximum absolute atomic E-state index is 12.8. The average molecular weight is 1050 g/mol. The molecule has 0 bridgehead atoms. The summed E-state index contributed by atoms with van der Waals surface area (Å²) in [5, 5.41) is 0. The summed E-state index contributed by atoms with van der Waals surface area (Å²) in [7, 11) is 0. The summed E-state index contributed by atoms with van der Waals surface area (Å²) < 4.78 is 16.8. The molecule has 0 aliphatic carbocycles. The minimum atomic E-state index is -0.774. The molecule has 0 spiro atoms. The number of hydrogen-bond donors (Lipinski definition) is 0. The molecule has 0 aliphatic heterocycles. The zero-order chi connectivity index (χ0) is 54.3. The normalized spacial score (nSPS) is 12.2. The lowest BCUT2D eigenvalue weighted by Gasteiger charge is -2.18. The molecule has 0 aromatic rings. The van der Waals surface area contributed by atoms with Crippen LogP contribution in [0, 0.1) is 0 Å². The minimum absolute atomic E-state index is 0.0741. The third kappa shape index (κ3) is 62.4. The van der Waals surface area contributed by atoms with E-state index in [1.54, 1.807) is 0 Å². The highest BCUT2D eigenvalue weighted by molar-refractivity contribution is 5.71. The van der Waals surface area contributed by atoms with Crippen LogP contribution in [-0.2, 0) is 28.6 Å². The monoisotopic (exact) mass is 1050 g/mol. The van der Waals surface area contributed by atoms with Crippen molar-refractivity contribution in [2.24, 2.45) is 0 Å². The molecule has 0 saturated heterocycles. The van der Waals surface area contributed by atoms with E-state index in [0.29, 0.717) is 19.3 Å². The number of esters is 3. The van der Waals surface area contributed by atoms with Crippen molar-refractivity contribution in [3.8, 4) is 0 Å². The van der Waals surface area contributed by atoms with E-state index in [9.17, 15) is 14.4 Å². The van der Waals surface area contributed by atoms with Crippen molar-refractivity contribution in [2.45, 2.75) is 374 Å². The predicted octanol–water partition coefficient (Wildman–Crippen LogP) is 22.8. The molecule has 0 heterocycles. The number of hydrogen-bond acceptors (Lipinski definition) is 6. The first-order chi connectivity index (χ1) is 37.0. The lowest BCUT2D eigenvalue weighted by atomic mass is 10.0. The standard InChI is InChI=1S/C69H128O6/c1-4-7-10-13-15-17-19-21-23-25-27-28-29-30-31-32-33-34-35-36-37-38-39-40-42-43-45-47-49-51-53-56-59-62-68(71)74-65-66(64-73-67(70)61-58-55-12-9-6-3)75-69(72)63-60-57-54-52-50-48-46-44-41-26-24-22-20-18-16-14-11-8-5-2/h16,18,22,24,41,44,66H,4-15,17,19-21,23,25-40,42-43,45-65H2,1-3H3/b18-16-,24-22-,44-41-. The number of rotatable bonds is 62. The molecule has 1 atom stereocenters. The van der Waals surface area contributed by atoms with Crippen LogP contribution in [0.25, 0.3) is 0 Å². The summed E-state index contributed by atoms with van der Waals surface area (Å²) in [4.78, 5) is 37.9. The largest absolute Gasteiger partial charge is 0.462 e. The Morgan fingerprint density at radius 1 is 0.267 bits per heavy atom. The van der Waals surface area contributed by atoms with Crippen LogP contribution in [0.1, 0.15) is 367 Å². The average Bonchev–Trinajstić information content (AvgIpc) is 3.41. The van der Waals surface area contributed by atoms with Gasteiger partial charge in [0.05, 0.1) is 0 Å². The van der Waals surface area contributed by atoms with Crippen molar-refractivity contribution in [1.29, 1.82) is 0 Å². The Hall–Kier alpha value is -2.37. The highest BCUT2D eigenvalue weighted by atomic mass is 16.6. The van der Waals surface area contributed by atoms with Gasteiger partial charge < -0.3 is 14.2 Å². The molecule has 1 unspecified atom stereocenters. The summed E-state index contributed by atoms with van der Waals surface area (Å²) in [6.07, 6.45) is 79.5. The van der Waals surface area contributed by atoms with Gasteiger partial charge in [-0.3, -0.25) is 14.4 Å². The predicted molar refractivity (Wildman–Crippen MR) is 326 cm³/mol. The first-order valence-electron chi connectivity index (χ1n) is 33.5. The Morgan fingerprint density at radius 3 is 0.773 bits per heavy atom. The summed E-state index contributed by atoms with van der Waals surface area (Å²) in [5.74, 6) is -0.882. The molecular formula is C69H128O6. The zero-order valence-corrected chi connectivity index (χ0v) is 50.6. The van der Waals surface area contributed by atoms with Crippen LogP contribution in [0.15, 0.2) is 36.5 Å². The molecule has 0 aromatic carbocycles. The summed E-state index contributed by atoms with van der Waals surface area (Å²) in [5.41, 5.74) is 0. The van der Waals surface area contributed by atoms with E-state index in [1.165, 1.54) is 244 Å². The lowest BCUT2D eigenvalue weighted by Crippen LogP contribution is -2.30. The van der Waals surface area contributed by atoms with Gasteiger partial charge in [0, 0.05) is 19.3 Å². The van der Waals surface area contributed by atoms with Crippen LogP contribution in [0.5, 0.6) is 0 Å². The molecule has 0 amide bonds. The van der Waals surface area contributed by atoms with Crippen molar-refractivity contribution in [3.05, 3.63) is 36.5 Å². The fraction of sp³-hybridized carbons (Fsp3) is 0.870. The number of unbranched alkanes of at least 4 members (excludes halogenated alkanes) is 45. The van der Waals surface area contributed by atoms with Gasteiger partial charge in [-0.05, 0) is 57.8 Å². The quantitative estimate of drug-likeness (QED) is 0.0261. The SMILES string of the molecule is CCCCC/C=C\C/C=C\C/C=C\CCCCCCCCC(=O)OC(COC(=O)CCCCCCC)COC(=O)CCCCCCCCCCCCCCCCCCCCCCCCCCCCCCCCCCC. The smallest absolute Gasteiger partial charge is 0.306 e. The maximum Gasteiger partial charge on any atom is 0.306 e. The highest BCUT2D eigenvalue weighted by Gasteiger charge is 2.19. The number of allylic oxidation sites excluding steroid dienone is 6. The summed E-state index contributed by atoms with van der Waals surface area (Å²) in [6.45, 7) is 6.57. The molecule has 75 heavy (non-hydrogen) atoms. The van der Waals surface area contributed by atoms with Crippen molar-refractivity contribution < 1.29 is 28.6 Å². The second kappa shape index (κ2) is 64.2. The van der Waals surface area contributed by atoms with Gasteiger partial charge in [0.2, 0.25) is 0 Å². The Labute approximate surface area is 467 Å². The van der Waals surface area contributed by atoms with E-state index in [2.05, 4.69) is 57.2 Å². The molecule has 0 saturated carbocycles. The molecule has 6 nitrogen and oxygen atoms in total. The van der Waals surface area contributed by atoms with Crippen molar-refractivity contribution >= 4 is 17.9 Å². The van der Waals surface area contributed by atoms with Crippen LogP contribution >= 0.6 is 0 Å². The topological polar surface area (TPSA) is 78.9 Å². The van der Waals surface area contributed by atoms with Gasteiger partial charge in [-0.1, -0.05) is 327 Å². The number of ether oxygens (including phenoxy) is 3. The third-order valence-corrected chi connectivity index (χ3v) is 15.1. The minimum Gasteiger partial charge on any atom is -0.462 e. The molecule has 0 aromatic heterocycles. The van der Waals surface area contributed by atoms with Crippen molar-refractivity contribution in [3.63, 3.8) is 0 Å². The van der Waals surface area contributed by atoms with Crippen molar-refractivity contribution in [1.82, 2.24) is 0 Å². The van der Waals surface area contributed by atoms with E-state index in [4.69, 9.17) is 14.2 Å². The Morgan fingerprint density at radius 2 is 0.480 bits per heavy atom. The van der Waals surface area contributed by atoms with Gasteiger partial charge in [-0.25, -0.2) is 0 Å². The highest BCUT2D eigenvalue weighted by Crippen LogP contribution is 2.18. The molecular weight excluding hydrogens is 925 g/mol. The maximum atomic E-state index is 12.8. The van der Waals surface area contributed by atoms with Gasteiger partial charge in [0.25, 0.3) is 0 Å². The third-order valence-electron chi connectivity index (χ3n) is 15.1. The number of carbonyl (C=O) groups is 3. The van der Waals surface area contributed by atoms with Gasteiger partial charge >= 0.3 is 17.9 Å². The molecule has 0 aliphatic rings. The Kier molecular flexibility index (Phi) is 62.1. The van der Waals surface area contributed by atoms with E-state index in [0.717, 1.165) is 83.5 Å². The van der Waals surface area contributed by atoms with E-state index in [1.807, 2.05) is 0 Å². The van der Waals surface area contributed by atoms with Gasteiger partial charge in [-0.2, -0.15) is 0 Å². The number of carbonyl (C=O) groups excluding carboxylic acids is 3. The van der Waals surface area contributed by atoms with Gasteiger partial charge in [-0.15, -0.1) is 0 Å². The fourth-order valence-corrected chi connectivity index (χ4v) is 10.1. The molecule has 0 N–H and O–H groups in total. The van der Waals surface area contributed by atoms with E-state index >= 15 is 0 Å². The van der Waals surface area contributed by atoms with Crippen LogP contribution in [0.2, 0.25) is 0 Å². The van der Waals surface area contributed by atoms with Crippen LogP contribution in [-0.4, -0.2) is 37.2 Å². The Balaban J connectivity index is 3.90. The van der Waals surface area contributed by atoms with Gasteiger partial charge in [0.1, 0.15) is 13.2 Å². The molecule has 440 valence electrons. The molecule has 6 heteroatoms.